The van der Waals surface area contributed by atoms with E-state index in [-0.39, 0.29) is 5.88 Å². The first-order valence-electron chi connectivity index (χ1n) is 12.3. The zero-order chi connectivity index (χ0) is 26.1. The van der Waals surface area contributed by atoms with Crippen molar-refractivity contribution >= 4 is 17.5 Å². The number of thiazole rings is 1. The van der Waals surface area contributed by atoms with Gasteiger partial charge >= 0.3 is 11.0 Å². The van der Waals surface area contributed by atoms with Crippen molar-refractivity contribution in [3.8, 4) is 11.6 Å². The maximum Gasteiger partial charge on any atom is 0.510 e. The quantitative estimate of drug-likeness (QED) is 0.295. The molecule has 0 radical (unpaired) electrons. The van der Waals surface area contributed by atoms with Gasteiger partial charge in [-0.05, 0) is 55.5 Å². The molecule has 36 heavy (non-hydrogen) atoms. The smallest absolute Gasteiger partial charge is 0.494 e. The number of hydrogen-bond acceptors (Lipinski definition) is 7. The number of nitrogens with zero attached hydrogens (tertiary/aromatic N) is 1. The van der Waals surface area contributed by atoms with Crippen LogP contribution in [-0.4, -0.2) is 28.0 Å². The molecule has 0 amide bonds. The Labute approximate surface area is 216 Å². The van der Waals surface area contributed by atoms with Gasteiger partial charge in [0, 0.05) is 12.8 Å². The standard InChI is InChI=1S/C28H35NO6S/c1-5-16-28(3,4)35-27(32)34-19-29-25(30)24(36-26(29)31)18-22-11-13-23(14-12-22)33-17-15-21-9-7-20(6-2)8-10-21/h7-14,30H,5-6,15-19H2,1-4H3. The minimum absolute atomic E-state index is 0.208. The van der Waals surface area contributed by atoms with Gasteiger partial charge in [-0.25, -0.2) is 9.36 Å². The average molecular weight is 514 g/mol. The molecule has 0 saturated carbocycles. The Hall–Kier alpha value is -3.26. The number of aromatic nitrogens is 1. The monoisotopic (exact) mass is 513 g/mol. The lowest BCUT2D eigenvalue weighted by Crippen LogP contribution is -2.29. The highest BCUT2D eigenvalue weighted by Gasteiger charge is 2.23. The van der Waals surface area contributed by atoms with Crippen molar-refractivity contribution in [1.29, 1.82) is 0 Å². The molecule has 0 atom stereocenters. The minimum Gasteiger partial charge on any atom is -0.494 e. The summed E-state index contributed by atoms with van der Waals surface area (Å²) in [7, 11) is 0. The van der Waals surface area contributed by atoms with Crippen LogP contribution in [0.3, 0.4) is 0 Å². The molecule has 1 heterocycles. The van der Waals surface area contributed by atoms with Crippen LogP contribution in [0, 0.1) is 0 Å². The molecule has 0 fully saturated rings. The molecule has 0 aliphatic carbocycles. The number of aryl methyl sites for hydroxylation is 1. The number of carbonyl (C=O) groups excluding carboxylic acids is 1. The highest BCUT2D eigenvalue weighted by Crippen LogP contribution is 2.25. The van der Waals surface area contributed by atoms with Crippen molar-refractivity contribution < 1.29 is 24.1 Å². The summed E-state index contributed by atoms with van der Waals surface area (Å²) < 4.78 is 17.2. The Balaban J connectivity index is 1.51. The summed E-state index contributed by atoms with van der Waals surface area (Å²) >= 11 is 0.921. The Bertz CT molecular complexity index is 1180. The topological polar surface area (TPSA) is 87.0 Å². The zero-order valence-corrected chi connectivity index (χ0v) is 22.2. The van der Waals surface area contributed by atoms with Crippen molar-refractivity contribution in [3.63, 3.8) is 0 Å². The van der Waals surface area contributed by atoms with Crippen LogP contribution in [0.25, 0.3) is 0 Å². The molecule has 1 N–H and O–H groups in total. The van der Waals surface area contributed by atoms with Crippen LogP contribution in [0.15, 0.2) is 53.3 Å². The molecule has 0 aliphatic rings. The molecule has 7 nitrogen and oxygen atoms in total. The van der Waals surface area contributed by atoms with E-state index in [0.717, 1.165) is 46.5 Å². The minimum atomic E-state index is -0.874. The van der Waals surface area contributed by atoms with Gasteiger partial charge in [0.05, 0.1) is 11.5 Å². The molecular weight excluding hydrogens is 478 g/mol. The summed E-state index contributed by atoms with van der Waals surface area (Å²) in [5.74, 6) is 0.553. The molecule has 3 rings (SSSR count). The van der Waals surface area contributed by atoms with Gasteiger partial charge in [-0.3, -0.25) is 4.79 Å². The van der Waals surface area contributed by atoms with Gasteiger partial charge in [-0.1, -0.05) is 68.0 Å². The molecule has 0 aliphatic heterocycles. The van der Waals surface area contributed by atoms with Gasteiger partial charge in [0.25, 0.3) is 0 Å². The summed E-state index contributed by atoms with van der Waals surface area (Å²) in [6.45, 7) is 7.90. The molecule has 0 unspecified atom stereocenters. The number of rotatable bonds is 12. The first-order valence-corrected chi connectivity index (χ1v) is 13.1. The highest BCUT2D eigenvalue weighted by atomic mass is 32.1. The van der Waals surface area contributed by atoms with E-state index in [1.165, 1.54) is 11.1 Å². The molecule has 2 aromatic carbocycles. The van der Waals surface area contributed by atoms with E-state index in [1.54, 1.807) is 13.8 Å². The lowest BCUT2D eigenvalue weighted by Gasteiger charge is -2.23. The molecular formula is C28H35NO6S. The van der Waals surface area contributed by atoms with E-state index in [9.17, 15) is 14.7 Å². The van der Waals surface area contributed by atoms with Gasteiger partial charge in [-0.2, -0.15) is 0 Å². The van der Waals surface area contributed by atoms with E-state index >= 15 is 0 Å². The van der Waals surface area contributed by atoms with Crippen LogP contribution in [0.4, 0.5) is 4.79 Å². The first kappa shape index (κ1) is 27.3. The van der Waals surface area contributed by atoms with E-state index in [1.807, 2.05) is 31.2 Å². The van der Waals surface area contributed by atoms with Crippen LogP contribution in [0.1, 0.15) is 62.1 Å². The zero-order valence-electron chi connectivity index (χ0n) is 21.4. The number of benzene rings is 2. The maximum absolute atomic E-state index is 12.3. The third kappa shape index (κ3) is 7.88. The first-order chi connectivity index (χ1) is 17.2. The highest BCUT2D eigenvalue weighted by molar-refractivity contribution is 7.09. The third-order valence-corrected chi connectivity index (χ3v) is 6.81. The summed E-state index contributed by atoms with van der Waals surface area (Å²) in [6.07, 6.45) is 2.90. The van der Waals surface area contributed by atoms with Gasteiger partial charge in [0.1, 0.15) is 11.4 Å². The summed E-state index contributed by atoms with van der Waals surface area (Å²) in [5.41, 5.74) is 2.82. The van der Waals surface area contributed by atoms with Gasteiger partial charge < -0.3 is 19.3 Å². The Kier molecular flexibility index (Phi) is 9.58. The fourth-order valence-corrected chi connectivity index (χ4v) is 4.72. The second kappa shape index (κ2) is 12.6. The van der Waals surface area contributed by atoms with Gasteiger partial charge in [-0.15, -0.1) is 0 Å². The van der Waals surface area contributed by atoms with E-state index in [2.05, 4.69) is 31.2 Å². The van der Waals surface area contributed by atoms with E-state index in [4.69, 9.17) is 14.2 Å². The largest absolute Gasteiger partial charge is 0.510 e. The number of carbonyl (C=O) groups is 1. The van der Waals surface area contributed by atoms with Crippen LogP contribution in [0.5, 0.6) is 11.6 Å². The predicted octanol–water partition coefficient (Wildman–Crippen LogP) is 6.08. The average Bonchev–Trinajstić information content (AvgIpc) is 3.10. The van der Waals surface area contributed by atoms with Crippen molar-refractivity contribution in [2.75, 3.05) is 6.61 Å². The molecule has 0 bridgehead atoms. The number of ether oxygens (including phenoxy) is 3. The van der Waals surface area contributed by atoms with Crippen molar-refractivity contribution in [2.24, 2.45) is 0 Å². The third-order valence-electron chi connectivity index (χ3n) is 5.84. The predicted molar refractivity (Wildman–Crippen MR) is 141 cm³/mol. The molecule has 0 spiro atoms. The molecule has 194 valence electrons. The number of aromatic hydroxyl groups is 1. The number of hydrogen-bond donors (Lipinski definition) is 1. The fourth-order valence-electron chi connectivity index (χ4n) is 3.81. The summed E-state index contributed by atoms with van der Waals surface area (Å²) in [5, 5.41) is 10.5. The fraction of sp³-hybridized carbons (Fsp3) is 0.429. The molecule has 3 aromatic rings. The van der Waals surface area contributed by atoms with Crippen LogP contribution in [0.2, 0.25) is 0 Å². The van der Waals surface area contributed by atoms with Crippen molar-refractivity contribution in [1.82, 2.24) is 4.57 Å². The molecule has 0 saturated heterocycles. The summed E-state index contributed by atoms with van der Waals surface area (Å²) in [4.78, 5) is 24.4. The second-order valence-electron chi connectivity index (χ2n) is 9.27. The van der Waals surface area contributed by atoms with E-state index in [0.29, 0.717) is 24.3 Å². The Morgan fingerprint density at radius 3 is 2.28 bits per heavy atom. The summed E-state index contributed by atoms with van der Waals surface area (Å²) in [6, 6.07) is 16.1. The SMILES string of the molecule is CCCC(C)(C)OC(=O)OCn1c(O)c(Cc2ccc(OCCc3ccc(CC)cc3)cc2)sc1=O. The van der Waals surface area contributed by atoms with Crippen LogP contribution >= 0.6 is 11.3 Å². The normalized spacial score (nSPS) is 11.3. The molecule has 1 aromatic heterocycles. The van der Waals surface area contributed by atoms with E-state index < -0.39 is 23.4 Å². The van der Waals surface area contributed by atoms with Crippen LogP contribution < -0.4 is 9.61 Å². The van der Waals surface area contributed by atoms with Crippen molar-refractivity contribution in [3.05, 3.63) is 79.8 Å². The van der Waals surface area contributed by atoms with Crippen LogP contribution in [-0.2, 0) is 35.5 Å². The van der Waals surface area contributed by atoms with Gasteiger partial charge in [0.15, 0.2) is 6.73 Å². The Morgan fingerprint density at radius 1 is 1.00 bits per heavy atom. The Morgan fingerprint density at radius 2 is 1.64 bits per heavy atom. The lowest BCUT2D eigenvalue weighted by atomic mass is 10.0. The van der Waals surface area contributed by atoms with Crippen molar-refractivity contribution in [2.45, 2.75) is 72.1 Å². The maximum atomic E-state index is 12.3. The van der Waals surface area contributed by atoms with Gasteiger partial charge in [0.2, 0.25) is 5.88 Å². The second-order valence-corrected chi connectivity index (χ2v) is 10.3. The lowest BCUT2D eigenvalue weighted by molar-refractivity contribution is -0.0331. The molecule has 8 heteroatoms.